The van der Waals surface area contributed by atoms with Gasteiger partial charge in [0.25, 0.3) is 0 Å². The van der Waals surface area contributed by atoms with E-state index in [2.05, 4.69) is 19.2 Å². The Morgan fingerprint density at radius 1 is 1.36 bits per heavy atom. The smallest absolute Gasteiger partial charge is 0.0620 e. The summed E-state index contributed by atoms with van der Waals surface area (Å²) in [5, 5.41) is 3.21. The summed E-state index contributed by atoms with van der Waals surface area (Å²) in [5.74, 6) is 0.813. The highest BCUT2D eigenvalue weighted by Crippen LogP contribution is 2.29. The Morgan fingerprint density at radius 2 is 2.07 bits per heavy atom. The lowest BCUT2D eigenvalue weighted by atomic mass is 9.85. The van der Waals surface area contributed by atoms with E-state index in [9.17, 15) is 0 Å². The molecule has 0 aromatic heterocycles. The van der Waals surface area contributed by atoms with Gasteiger partial charge in [-0.2, -0.15) is 0 Å². The molecule has 0 bridgehead atoms. The quantitative estimate of drug-likeness (QED) is 0.735. The van der Waals surface area contributed by atoms with Gasteiger partial charge in [0.1, 0.15) is 0 Å². The zero-order chi connectivity index (χ0) is 10.4. The number of ether oxygens (including phenoxy) is 1. The van der Waals surface area contributed by atoms with Crippen LogP contribution in [0.2, 0.25) is 0 Å². The Hall–Kier alpha value is -0.0800. The highest BCUT2D eigenvalue weighted by atomic mass is 16.5. The topological polar surface area (TPSA) is 21.3 Å². The molecular formula is C12H25NO. The second-order valence-electron chi connectivity index (χ2n) is 4.51. The molecule has 1 rings (SSSR count). The molecule has 0 saturated heterocycles. The van der Waals surface area contributed by atoms with Crippen molar-refractivity contribution in [3.05, 3.63) is 0 Å². The summed E-state index contributed by atoms with van der Waals surface area (Å²) in [6, 6.07) is 0.481. The maximum absolute atomic E-state index is 5.98. The van der Waals surface area contributed by atoms with Crippen LogP contribution < -0.4 is 5.32 Å². The van der Waals surface area contributed by atoms with Crippen molar-refractivity contribution >= 4 is 0 Å². The Morgan fingerprint density at radius 3 is 2.71 bits per heavy atom. The molecule has 0 aromatic rings. The molecular weight excluding hydrogens is 174 g/mol. The first kappa shape index (κ1) is 12.0. The van der Waals surface area contributed by atoms with Gasteiger partial charge in [0.15, 0.2) is 0 Å². The van der Waals surface area contributed by atoms with Crippen molar-refractivity contribution in [2.75, 3.05) is 13.7 Å². The summed E-state index contributed by atoms with van der Waals surface area (Å²) in [6.07, 6.45) is 7.21. The lowest BCUT2D eigenvalue weighted by Gasteiger charge is -2.31. The van der Waals surface area contributed by atoms with Crippen LogP contribution in [0.4, 0.5) is 0 Å². The third-order valence-corrected chi connectivity index (χ3v) is 3.42. The fraction of sp³-hybridized carbons (Fsp3) is 1.00. The number of hydrogen-bond acceptors (Lipinski definition) is 2. The van der Waals surface area contributed by atoms with Crippen molar-refractivity contribution < 1.29 is 4.74 Å². The largest absolute Gasteiger partial charge is 0.376 e. The zero-order valence-corrected chi connectivity index (χ0v) is 9.88. The van der Waals surface area contributed by atoms with Crippen LogP contribution in [0.5, 0.6) is 0 Å². The van der Waals surface area contributed by atoms with Crippen molar-refractivity contribution in [2.24, 2.45) is 5.92 Å². The van der Waals surface area contributed by atoms with Crippen molar-refractivity contribution in [2.45, 2.75) is 58.1 Å². The van der Waals surface area contributed by atoms with Crippen molar-refractivity contribution in [3.8, 4) is 0 Å². The molecule has 1 saturated carbocycles. The molecule has 2 nitrogen and oxygen atoms in total. The summed E-state index contributed by atoms with van der Waals surface area (Å²) in [7, 11) is 1.99. The van der Waals surface area contributed by atoms with Crippen LogP contribution in [-0.2, 0) is 4.74 Å². The molecule has 0 spiro atoms. The Bertz CT molecular complexity index is 149. The third-order valence-electron chi connectivity index (χ3n) is 3.42. The van der Waals surface area contributed by atoms with Crippen LogP contribution in [0.3, 0.4) is 0 Å². The fourth-order valence-electron chi connectivity index (χ4n) is 2.21. The Labute approximate surface area is 88.4 Å². The second-order valence-corrected chi connectivity index (χ2v) is 4.51. The molecule has 1 aliphatic rings. The highest BCUT2D eigenvalue weighted by molar-refractivity contribution is 4.75. The molecule has 0 heterocycles. The lowest BCUT2D eigenvalue weighted by molar-refractivity contribution is -0.0189. The summed E-state index contributed by atoms with van der Waals surface area (Å²) >= 11 is 0. The number of nitrogens with one attached hydrogen (secondary N) is 1. The Kier molecular flexibility index (Phi) is 5.49. The van der Waals surface area contributed by atoms with Gasteiger partial charge in [0, 0.05) is 6.04 Å². The van der Waals surface area contributed by atoms with Crippen LogP contribution in [0.25, 0.3) is 0 Å². The number of hydrogen-bond donors (Lipinski definition) is 1. The molecule has 0 aromatic carbocycles. The van der Waals surface area contributed by atoms with Gasteiger partial charge in [-0.25, -0.2) is 0 Å². The maximum atomic E-state index is 5.98. The number of rotatable bonds is 5. The molecule has 0 amide bonds. The monoisotopic (exact) mass is 199 g/mol. The Balaban J connectivity index is 2.26. The molecule has 1 aliphatic carbocycles. The maximum Gasteiger partial charge on any atom is 0.0620 e. The molecule has 84 valence electrons. The van der Waals surface area contributed by atoms with E-state index < -0.39 is 0 Å². The average Bonchev–Trinajstić information content (AvgIpc) is 2.26. The van der Waals surface area contributed by atoms with E-state index in [0.29, 0.717) is 12.1 Å². The van der Waals surface area contributed by atoms with Gasteiger partial charge in [-0.05, 0) is 32.7 Å². The first-order valence-corrected chi connectivity index (χ1v) is 6.06. The number of likely N-dealkylation sites (N-methyl/N-ethyl adjacent to an activating group) is 1. The van der Waals surface area contributed by atoms with E-state index in [4.69, 9.17) is 4.74 Å². The minimum atomic E-state index is 0.481. The first-order valence-electron chi connectivity index (χ1n) is 6.06. The van der Waals surface area contributed by atoms with Crippen LogP contribution in [0.15, 0.2) is 0 Å². The summed E-state index contributed by atoms with van der Waals surface area (Å²) in [4.78, 5) is 0. The second kappa shape index (κ2) is 6.41. The van der Waals surface area contributed by atoms with Gasteiger partial charge in [-0.1, -0.05) is 26.2 Å². The minimum absolute atomic E-state index is 0.481. The summed E-state index contributed by atoms with van der Waals surface area (Å²) < 4.78 is 5.98. The van der Waals surface area contributed by atoms with E-state index in [1.54, 1.807) is 0 Å². The van der Waals surface area contributed by atoms with Crippen LogP contribution in [0.1, 0.15) is 46.0 Å². The van der Waals surface area contributed by atoms with Crippen molar-refractivity contribution in [1.82, 2.24) is 5.32 Å². The average molecular weight is 199 g/mol. The van der Waals surface area contributed by atoms with Gasteiger partial charge < -0.3 is 10.1 Å². The van der Waals surface area contributed by atoms with Gasteiger partial charge >= 0.3 is 0 Å². The molecule has 0 aliphatic heterocycles. The summed E-state index contributed by atoms with van der Waals surface area (Å²) in [5.41, 5.74) is 0. The van der Waals surface area contributed by atoms with Gasteiger partial charge in [-0.15, -0.1) is 0 Å². The van der Waals surface area contributed by atoms with Crippen LogP contribution >= 0.6 is 0 Å². The van der Waals surface area contributed by atoms with E-state index in [1.165, 1.54) is 32.1 Å². The van der Waals surface area contributed by atoms with E-state index in [1.807, 2.05) is 7.05 Å². The third kappa shape index (κ3) is 3.58. The lowest BCUT2D eigenvalue weighted by Crippen LogP contribution is -2.33. The first-order chi connectivity index (χ1) is 6.77. The van der Waals surface area contributed by atoms with Crippen LogP contribution in [0, 0.1) is 5.92 Å². The zero-order valence-electron chi connectivity index (χ0n) is 9.88. The standard InChI is InChI=1S/C12H25NO/c1-4-11-7-5-6-8-12(11)14-9-10(2)13-3/h10-13H,4-9H2,1-3H3. The predicted molar refractivity (Wildman–Crippen MR) is 60.5 cm³/mol. The van der Waals surface area contributed by atoms with Crippen LogP contribution in [-0.4, -0.2) is 25.8 Å². The highest BCUT2D eigenvalue weighted by Gasteiger charge is 2.24. The SMILES string of the molecule is CCC1CCCCC1OCC(C)NC. The van der Waals surface area contributed by atoms with Gasteiger partial charge in [-0.3, -0.25) is 0 Å². The fourth-order valence-corrected chi connectivity index (χ4v) is 2.21. The van der Waals surface area contributed by atoms with E-state index in [0.717, 1.165) is 12.5 Å². The van der Waals surface area contributed by atoms with E-state index in [-0.39, 0.29) is 0 Å². The van der Waals surface area contributed by atoms with Crippen molar-refractivity contribution in [3.63, 3.8) is 0 Å². The van der Waals surface area contributed by atoms with Gasteiger partial charge in [0.2, 0.25) is 0 Å². The molecule has 3 unspecified atom stereocenters. The summed E-state index contributed by atoms with van der Waals surface area (Å²) in [6.45, 7) is 5.31. The molecule has 0 radical (unpaired) electrons. The van der Waals surface area contributed by atoms with Crippen molar-refractivity contribution in [1.29, 1.82) is 0 Å². The predicted octanol–water partition coefficient (Wildman–Crippen LogP) is 2.58. The molecule has 3 atom stereocenters. The molecule has 1 N–H and O–H groups in total. The van der Waals surface area contributed by atoms with Gasteiger partial charge in [0.05, 0.1) is 12.7 Å². The normalized spacial score (nSPS) is 30.2. The van der Waals surface area contributed by atoms with E-state index >= 15 is 0 Å². The molecule has 14 heavy (non-hydrogen) atoms. The molecule has 1 fully saturated rings. The molecule has 2 heteroatoms. The minimum Gasteiger partial charge on any atom is -0.376 e.